The van der Waals surface area contributed by atoms with Crippen LogP contribution in [-0.4, -0.2) is 41.5 Å². The van der Waals surface area contributed by atoms with Crippen LogP contribution in [-0.2, 0) is 6.42 Å². The Bertz CT molecular complexity index is 716. The Kier molecular flexibility index (Phi) is 5.92. The predicted molar refractivity (Wildman–Crippen MR) is 101 cm³/mol. The number of ether oxygens (including phenoxy) is 1. The van der Waals surface area contributed by atoms with Crippen molar-refractivity contribution < 1.29 is 9.53 Å². The van der Waals surface area contributed by atoms with E-state index in [2.05, 4.69) is 35.4 Å². The molecular weight excluding hydrogens is 312 g/mol. The summed E-state index contributed by atoms with van der Waals surface area (Å²) in [5, 5.41) is 0. The minimum Gasteiger partial charge on any atom is -0.492 e. The maximum atomic E-state index is 12.2. The molecule has 0 amide bonds. The number of rotatable bonds is 7. The van der Waals surface area contributed by atoms with Gasteiger partial charge in [0, 0.05) is 42.2 Å². The number of Topliss-reactive ketones (excluding diaryl/α,β-unsaturated/α-hetero) is 1. The zero-order valence-corrected chi connectivity index (χ0v) is 15.3. The summed E-state index contributed by atoms with van der Waals surface area (Å²) >= 11 is 0. The zero-order chi connectivity index (χ0) is 17.6. The molecule has 4 heteroatoms. The predicted octanol–water partition coefficient (Wildman–Crippen LogP) is 4.11. The first-order valence-corrected chi connectivity index (χ1v) is 9.42. The van der Waals surface area contributed by atoms with Gasteiger partial charge in [-0.25, -0.2) is 0 Å². The summed E-state index contributed by atoms with van der Waals surface area (Å²) < 4.78 is 8.10. The lowest BCUT2D eigenvalue weighted by Crippen LogP contribution is -2.27. The third-order valence-corrected chi connectivity index (χ3v) is 5.03. The van der Waals surface area contributed by atoms with Crippen molar-refractivity contribution in [3.8, 4) is 11.4 Å². The van der Waals surface area contributed by atoms with Gasteiger partial charge in [-0.15, -0.1) is 0 Å². The number of hydrogen-bond donors (Lipinski definition) is 0. The molecule has 134 valence electrons. The highest BCUT2D eigenvalue weighted by atomic mass is 16.5. The molecule has 1 aromatic carbocycles. The number of benzene rings is 1. The van der Waals surface area contributed by atoms with Crippen LogP contribution >= 0.6 is 0 Å². The second kappa shape index (κ2) is 8.34. The van der Waals surface area contributed by atoms with E-state index >= 15 is 0 Å². The molecule has 0 spiro atoms. The minimum atomic E-state index is 0.276. The minimum absolute atomic E-state index is 0.276. The summed E-state index contributed by atoms with van der Waals surface area (Å²) in [6, 6.07) is 10.1. The molecule has 0 N–H and O–H groups in total. The lowest BCUT2D eigenvalue weighted by Gasteiger charge is -2.18. The van der Waals surface area contributed by atoms with E-state index in [4.69, 9.17) is 4.74 Å². The second-order valence-corrected chi connectivity index (χ2v) is 6.55. The molecule has 1 aliphatic rings. The van der Waals surface area contributed by atoms with Crippen LogP contribution in [0.1, 0.15) is 49.2 Å². The standard InChI is InChI=1S/C21H28N2O2/c1-3-22(4-2)14-15-25-18-9-7-8-17(16-18)23-13-12-19-20(23)10-5-6-11-21(19)24/h7-9,12-13,16H,3-6,10-11,14-15H2,1-2H3. The van der Waals surface area contributed by atoms with E-state index in [-0.39, 0.29) is 5.78 Å². The summed E-state index contributed by atoms with van der Waals surface area (Å²) in [5.41, 5.74) is 3.10. The van der Waals surface area contributed by atoms with Gasteiger partial charge < -0.3 is 14.2 Å². The van der Waals surface area contributed by atoms with Crippen LogP contribution in [0.5, 0.6) is 5.75 Å². The van der Waals surface area contributed by atoms with Crippen molar-refractivity contribution in [3.05, 3.63) is 47.8 Å². The van der Waals surface area contributed by atoms with Crippen LogP contribution in [0.3, 0.4) is 0 Å². The molecule has 0 saturated carbocycles. The Morgan fingerprint density at radius 2 is 1.92 bits per heavy atom. The average molecular weight is 340 g/mol. The molecule has 1 heterocycles. The van der Waals surface area contributed by atoms with Crippen LogP contribution in [0.4, 0.5) is 0 Å². The number of carbonyl (C=O) groups is 1. The Labute approximate surface area is 150 Å². The van der Waals surface area contributed by atoms with Crippen molar-refractivity contribution in [2.24, 2.45) is 0 Å². The molecule has 1 aliphatic carbocycles. The highest BCUT2D eigenvalue weighted by molar-refractivity contribution is 5.97. The summed E-state index contributed by atoms with van der Waals surface area (Å²) in [6.07, 6.45) is 5.71. The van der Waals surface area contributed by atoms with Gasteiger partial charge in [0.2, 0.25) is 0 Å². The number of carbonyl (C=O) groups excluding carboxylic acids is 1. The highest BCUT2D eigenvalue weighted by Gasteiger charge is 2.19. The van der Waals surface area contributed by atoms with Crippen LogP contribution in [0, 0.1) is 0 Å². The fraction of sp³-hybridized carbons (Fsp3) is 0.476. The molecule has 25 heavy (non-hydrogen) atoms. The van der Waals surface area contributed by atoms with Crippen LogP contribution in [0.15, 0.2) is 36.5 Å². The van der Waals surface area contributed by atoms with Crippen LogP contribution < -0.4 is 4.74 Å². The first-order valence-electron chi connectivity index (χ1n) is 9.42. The molecule has 0 bridgehead atoms. The van der Waals surface area contributed by atoms with Gasteiger partial charge in [-0.05, 0) is 50.6 Å². The zero-order valence-electron chi connectivity index (χ0n) is 15.3. The molecule has 0 atom stereocenters. The molecule has 1 aromatic heterocycles. The van der Waals surface area contributed by atoms with Crippen molar-refractivity contribution in [1.82, 2.24) is 9.47 Å². The van der Waals surface area contributed by atoms with Crippen molar-refractivity contribution in [3.63, 3.8) is 0 Å². The highest BCUT2D eigenvalue weighted by Crippen LogP contribution is 2.26. The van der Waals surface area contributed by atoms with Gasteiger partial charge in [0.1, 0.15) is 12.4 Å². The first-order chi connectivity index (χ1) is 12.2. The summed E-state index contributed by atoms with van der Waals surface area (Å²) in [4.78, 5) is 14.6. The fourth-order valence-electron chi connectivity index (χ4n) is 3.48. The van der Waals surface area contributed by atoms with E-state index in [1.165, 1.54) is 0 Å². The van der Waals surface area contributed by atoms with E-state index in [9.17, 15) is 4.79 Å². The van der Waals surface area contributed by atoms with Crippen molar-refractivity contribution >= 4 is 5.78 Å². The Morgan fingerprint density at radius 3 is 2.72 bits per heavy atom. The van der Waals surface area contributed by atoms with Gasteiger partial charge in [0.25, 0.3) is 0 Å². The van der Waals surface area contributed by atoms with Crippen molar-refractivity contribution in [2.75, 3.05) is 26.2 Å². The lowest BCUT2D eigenvalue weighted by atomic mass is 10.1. The van der Waals surface area contributed by atoms with Crippen LogP contribution in [0.2, 0.25) is 0 Å². The number of ketones is 1. The van der Waals surface area contributed by atoms with E-state index < -0.39 is 0 Å². The summed E-state index contributed by atoms with van der Waals surface area (Å²) in [7, 11) is 0. The second-order valence-electron chi connectivity index (χ2n) is 6.55. The average Bonchev–Trinajstić information content (AvgIpc) is 2.98. The van der Waals surface area contributed by atoms with Gasteiger partial charge in [-0.1, -0.05) is 19.9 Å². The van der Waals surface area contributed by atoms with Gasteiger partial charge in [-0.3, -0.25) is 4.79 Å². The molecule has 0 aliphatic heterocycles. The van der Waals surface area contributed by atoms with Gasteiger partial charge in [-0.2, -0.15) is 0 Å². The first kappa shape index (κ1) is 17.7. The normalized spacial score (nSPS) is 14.4. The Morgan fingerprint density at radius 1 is 1.12 bits per heavy atom. The maximum Gasteiger partial charge on any atom is 0.164 e. The Balaban J connectivity index is 1.75. The van der Waals surface area contributed by atoms with Crippen molar-refractivity contribution in [1.29, 1.82) is 0 Å². The van der Waals surface area contributed by atoms with E-state index in [0.29, 0.717) is 13.0 Å². The fourth-order valence-corrected chi connectivity index (χ4v) is 3.48. The number of aromatic nitrogens is 1. The van der Waals surface area contributed by atoms with Crippen LogP contribution in [0.25, 0.3) is 5.69 Å². The molecule has 0 unspecified atom stereocenters. The van der Waals surface area contributed by atoms with Gasteiger partial charge >= 0.3 is 0 Å². The van der Waals surface area contributed by atoms with E-state index in [0.717, 1.165) is 61.6 Å². The molecule has 0 radical (unpaired) electrons. The third kappa shape index (κ3) is 4.13. The van der Waals surface area contributed by atoms with Gasteiger partial charge in [0.05, 0.1) is 0 Å². The molecule has 0 fully saturated rings. The largest absolute Gasteiger partial charge is 0.492 e. The lowest BCUT2D eigenvalue weighted by molar-refractivity contribution is 0.0982. The number of hydrogen-bond acceptors (Lipinski definition) is 3. The summed E-state index contributed by atoms with van der Waals surface area (Å²) in [6.45, 7) is 8.05. The molecular formula is C21H28N2O2. The monoisotopic (exact) mass is 340 g/mol. The number of fused-ring (bicyclic) bond motifs is 1. The number of likely N-dealkylation sites (N-methyl/N-ethyl adjacent to an activating group) is 1. The smallest absolute Gasteiger partial charge is 0.164 e. The SMILES string of the molecule is CCN(CC)CCOc1cccc(-n2ccc3c2CCCCC3=O)c1. The summed E-state index contributed by atoms with van der Waals surface area (Å²) in [5.74, 6) is 1.16. The quantitative estimate of drug-likeness (QED) is 0.712. The molecule has 4 nitrogen and oxygen atoms in total. The van der Waals surface area contributed by atoms with Gasteiger partial charge in [0.15, 0.2) is 5.78 Å². The Hall–Kier alpha value is -2.07. The van der Waals surface area contributed by atoms with E-state index in [1.54, 1.807) is 0 Å². The molecule has 0 saturated heterocycles. The van der Waals surface area contributed by atoms with Crippen molar-refractivity contribution in [2.45, 2.75) is 39.5 Å². The molecule has 2 aromatic rings. The number of nitrogens with zero attached hydrogens (tertiary/aromatic N) is 2. The third-order valence-electron chi connectivity index (χ3n) is 5.03. The molecule has 3 rings (SSSR count). The maximum absolute atomic E-state index is 12.2. The topological polar surface area (TPSA) is 34.5 Å². The van der Waals surface area contributed by atoms with E-state index in [1.807, 2.05) is 24.4 Å².